The van der Waals surface area contributed by atoms with E-state index in [1.165, 1.54) is 0 Å². The zero-order chi connectivity index (χ0) is 52.3. The summed E-state index contributed by atoms with van der Waals surface area (Å²) in [4.78, 5) is 109. The third-order valence-electron chi connectivity index (χ3n) is 8.18. The highest BCUT2D eigenvalue weighted by atomic mass is 16.6. The first-order valence-corrected chi connectivity index (χ1v) is 22.9. The molecule has 1 saturated heterocycles. The zero-order valence-corrected chi connectivity index (χ0v) is 39.8. The number of cyclic esters (lactones) is 2. The summed E-state index contributed by atoms with van der Waals surface area (Å²) in [5.74, 6) is -6.16. The van der Waals surface area contributed by atoms with E-state index in [4.69, 9.17) is 58.3 Å². The lowest BCUT2D eigenvalue weighted by atomic mass is 10.2. The summed E-state index contributed by atoms with van der Waals surface area (Å²) in [7, 11) is 0. The smallest absolute Gasteiger partial charge is 0.339 e. The average Bonchev–Trinajstić information content (AvgIpc) is 3.31. The Hall–Kier alpha value is -5.38. The maximum atomic E-state index is 11.7. The number of hydrogen-bond donors (Lipinski definition) is 4. The van der Waals surface area contributed by atoms with Crippen LogP contribution in [0.3, 0.4) is 0 Å². The molecule has 70 heavy (non-hydrogen) atoms. The molecule has 0 radical (unpaired) electrons. The molecule has 0 saturated carbocycles. The van der Waals surface area contributed by atoms with E-state index in [0.717, 1.165) is 12.8 Å². The van der Waals surface area contributed by atoms with Crippen LogP contribution in [0.25, 0.3) is 0 Å². The Morgan fingerprint density at radius 2 is 0.657 bits per heavy atom. The molecule has 0 amide bonds. The van der Waals surface area contributed by atoms with E-state index < -0.39 is 62.2 Å². The van der Waals surface area contributed by atoms with Crippen molar-refractivity contribution in [2.24, 2.45) is 0 Å². The Balaban J connectivity index is 0. The second-order valence-electron chi connectivity index (χ2n) is 14.3. The molecule has 0 aromatic heterocycles. The number of ether oxygens (including phenoxy) is 12. The molecular weight excluding hydrogens is 944 g/mol. The molecule has 1 aliphatic heterocycles. The van der Waals surface area contributed by atoms with Crippen molar-refractivity contribution in [2.45, 2.75) is 103 Å². The lowest BCUT2D eigenvalue weighted by Crippen LogP contribution is -2.28. The predicted molar refractivity (Wildman–Crippen MR) is 234 cm³/mol. The van der Waals surface area contributed by atoms with Crippen LogP contribution in [-0.4, -0.2) is 199 Å². The van der Waals surface area contributed by atoms with Crippen LogP contribution in [0.5, 0.6) is 0 Å². The standard InChI is InChI=1S/C24H38O15.C16H30O7.C4H4O4/c25-19(26)15-34-17-23(31)36-9-5-1-3-7-21(29)38-13-11-33-12-14-39-22(30)8-4-2-6-10-37-24(32)18-35-16-20(27)28;17-9-5-1-3-7-15(19)22-13-11-21-12-14-23-16(20)8-4-2-6-10-18;5-3-1-7-2-4(6)8-3/h1-18H2,(H,25,26)(H,27,28);17-18H,1-14H2;1-2H2. The highest BCUT2D eigenvalue weighted by molar-refractivity contribution is 5.88. The SMILES string of the molecule is O=C(CCCCCO)OCCOCCOC(=O)CCCCCO.O=C(O)COCC(=O)OCCCCCC(=O)OCCOCCOC(=O)CCCCCOC(=O)COCC(=O)O.O=C1COCC(=O)O1. The van der Waals surface area contributed by atoms with Gasteiger partial charge in [0.1, 0.15) is 66.1 Å². The number of carbonyl (C=O) groups is 10. The fourth-order valence-corrected chi connectivity index (χ4v) is 4.86. The summed E-state index contributed by atoms with van der Waals surface area (Å²) in [5.41, 5.74) is 0. The van der Waals surface area contributed by atoms with Crippen molar-refractivity contribution < 1.29 is 125 Å². The van der Waals surface area contributed by atoms with Gasteiger partial charge in [0.2, 0.25) is 0 Å². The minimum absolute atomic E-state index is 0.0665. The van der Waals surface area contributed by atoms with Gasteiger partial charge in [-0.1, -0.05) is 12.8 Å². The molecule has 404 valence electrons. The number of rotatable bonds is 42. The van der Waals surface area contributed by atoms with Gasteiger partial charge in [-0.15, -0.1) is 0 Å². The Labute approximate surface area is 406 Å². The van der Waals surface area contributed by atoms with E-state index in [2.05, 4.69) is 18.9 Å². The number of carboxylic acid groups (broad SMARTS) is 2. The lowest BCUT2D eigenvalue weighted by molar-refractivity contribution is -0.174. The molecule has 0 spiro atoms. The van der Waals surface area contributed by atoms with Gasteiger partial charge in [0, 0.05) is 38.9 Å². The van der Waals surface area contributed by atoms with Gasteiger partial charge in [-0.05, 0) is 64.2 Å². The molecule has 1 fully saturated rings. The highest BCUT2D eigenvalue weighted by Crippen LogP contribution is 2.05. The van der Waals surface area contributed by atoms with Crippen molar-refractivity contribution in [1.29, 1.82) is 0 Å². The maximum Gasteiger partial charge on any atom is 0.339 e. The van der Waals surface area contributed by atoms with Crippen LogP contribution in [0, 0.1) is 0 Å². The van der Waals surface area contributed by atoms with Crippen LogP contribution in [0.1, 0.15) is 103 Å². The second kappa shape index (κ2) is 50.0. The molecule has 0 atom stereocenters. The maximum absolute atomic E-state index is 11.7. The molecule has 26 nitrogen and oxygen atoms in total. The Morgan fingerprint density at radius 3 is 0.929 bits per heavy atom. The summed E-state index contributed by atoms with van der Waals surface area (Å²) >= 11 is 0. The number of hydrogen-bond acceptors (Lipinski definition) is 24. The topological polar surface area (TPSA) is 362 Å². The van der Waals surface area contributed by atoms with Gasteiger partial charge in [-0.2, -0.15) is 0 Å². The van der Waals surface area contributed by atoms with Crippen LogP contribution in [-0.2, 0) is 105 Å². The van der Waals surface area contributed by atoms with E-state index in [9.17, 15) is 47.9 Å². The molecule has 0 bridgehead atoms. The molecule has 0 aliphatic carbocycles. The van der Waals surface area contributed by atoms with Crippen molar-refractivity contribution in [3.05, 3.63) is 0 Å². The van der Waals surface area contributed by atoms with Gasteiger partial charge in [0.25, 0.3) is 0 Å². The molecule has 0 aromatic rings. The van der Waals surface area contributed by atoms with Gasteiger partial charge >= 0.3 is 59.7 Å². The van der Waals surface area contributed by atoms with Crippen LogP contribution >= 0.6 is 0 Å². The lowest BCUT2D eigenvalue weighted by Gasteiger charge is -2.08. The number of aliphatic hydroxyl groups is 2. The van der Waals surface area contributed by atoms with Gasteiger partial charge in [-0.3, -0.25) is 19.2 Å². The van der Waals surface area contributed by atoms with Crippen LogP contribution in [0.4, 0.5) is 0 Å². The number of carboxylic acids is 2. The minimum Gasteiger partial charge on any atom is -0.480 e. The number of esters is 8. The largest absolute Gasteiger partial charge is 0.480 e. The molecular formula is C44H72O26. The summed E-state index contributed by atoms with van der Waals surface area (Å²) in [5, 5.41) is 34.0. The van der Waals surface area contributed by atoms with Crippen LogP contribution in [0.2, 0.25) is 0 Å². The molecule has 1 aliphatic rings. The van der Waals surface area contributed by atoms with E-state index in [-0.39, 0.29) is 129 Å². The zero-order valence-electron chi connectivity index (χ0n) is 39.8. The fraction of sp³-hybridized carbons (Fsp3) is 0.773. The first kappa shape index (κ1) is 66.7. The molecule has 0 aromatic carbocycles. The third kappa shape index (κ3) is 53.6. The van der Waals surface area contributed by atoms with Crippen LogP contribution in [0.15, 0.2) is 0 Å². The van der Waals surface area contributed by atoms with Crippen LogP contribution < -0.4 is 0 Å². The summed E-state index contributed by atoms with van der Waals surface area (Å²) in [6, 6.07) is 0. The van der Waals surface area contributed by atoms with E-state index >= 15 is 0 Å². The number of unbranched alkanes of at least 4 members (excludes halogenated alkanes) is 8. The Morgan fingerprint density at radius 1 is 0.357 bits per heavy atom. The molecule has 0 unspecified atom stereocenters. The molecule has 1 rings (SSSR count). The Bertz CT molecular complexity index is 1350. The van der Waals surface area contributed by atoms with Crippen molar-refractivity contribution in [3.63, 3.8) is 0 Å². The quantitative estimate of drug-likeness (QED) is 0.0284. The van der Waals surface area contributed by atoms with Gasteiger partial charge in [0.15, 0.2) is 0 Å². The van der Waals surface area contributed by atoms with Crippen molar-refractivity contribution in [1.82, 2.24) is 0 Å². The van der Waals surface area contributed by atoms with E-state index in [0.29, 0.717) is 77.0 Å². The monoisotopic (exact) mass is 1020 g/mol. The minimum atomic E-state index is -1.17. The molecule has 26 heteroatoms. The number of aliphatic hydroxyl groups excluding tert-OH is 2. The normalized spacial score (nSPS) is 11.6. The second-order valence-corrected chi connectivity index (χ2v) is 14.3. The van der Waals surface area contributed by atoms with E-state index in [1.807, 2.05) is 0 Å². The molecule has 1 heterocycles. The predicted octanol–water partition coefficient (Wildman–Crippen LogP) is 0.780. The Kier molecular flexibility index (Phi) is 47.7. The summed E-state index contributed by atoms with van der Waals surface area (Å²) in [6.45, 7) is -0.243. The fourth-order valence-electron chi connectivity index (χ4n) is 4.86. The van der Waals surface area contributed by atoms with Gasteiger partial charge in [-0.25, -0.2) is 28.8 Å². The average molecular weight is 1020 g/mol. The highest BCUT2D eigenvalue weighted by Gasteiger charge is 2.16. The number of carbonyl (C=O) groups excluding carboxylic acids is 8. The summed E-state index contributed by atoms with van der Waals surface area (Å²) < 4.78 is 57.9. The third-order valence-corrected chi connectivity index (χ3v) is 8.18. The first-order valence-electron chi connectivity index (χ1n) is 22.9. The van der Waals surface area contributed by atoms with Gasteiger partial charge < -0.3 is 77.3 Å². The van der Waals surface area contributed by atoms with Crippen molar-refractivity contribution >= 4 is 59.7 Å². The molecule has 4 N–H and O–H groups in total. The summed E-state index contributed by atoms with van der Waals surface area (Å²) in [6.07, 6.45) is 9.06. The van der Waals surface area contributed by atoms with Crippen molar-refractivity contribution in [2.75, 3.05) is 119 Å². The first-order chi connectivity index (χ1) is 33.7. The van der Waals surface area contributed by atoms with Gasteiger partial charge in [0.05, 0.1) is 39.6 Å². The van der Waals surface area contributed by atoms with Crippen molar-refractivity contribution in [3.8, 4) is 0 Å². The van der Waals surface area contributed by atoms with E-state index in [1.54, 1.807) is 0 Å². The number of aliphatic carboxylic acids is 2.